The molecule has 0 spiro atoms. The first kappa shape index (κ1) is 20.3. The highest BCUT2D eigenvalue weighted by atomic mass is 35.5. The molecule has 3 aromatic carbocycles. The number of carbonyl (C=O) groups is 1. The molecule has 4 rings (SSSR count). The molecule has 0 aromatic heterocycles. The highest BCUT2D eigenvalue weighted by Crippen LogP contribution is 2.39. The largest absolute Gasteiger partial charge is 0.457 e. The second-order valence-corrected chi connectivity index (χ2v) is 7.43. The summed E-state index contributed by atoms with van der Waals surface area (Å²) >= 11 is 5.87. The van der Waals surface area contributed by atoms with E-state index in [0.29, 0.717) is 34.2 Å². The molecule has 1 atom stereocenters. The summed E-state index contributed by atoms with van der Waals surface area (Å²) in [5, 5.41) is 0.603. The number of hydrogen-bond acceptors (Lipinski definition) is 2. The van der Waals surface area contributed by atoms with Crippen molar-refractivity contribution in [1.82, 2.24) is 0 Å². The molecule has 0 unspecified atom stereocenters. The molecule has 154 valence electrons. The van der Waals surface area contributed by atoms with Gasteiger partial charge in [0.15, 0.2) is 0 Å². The number of alkyl halides is 3. The van der Waals surface area contributed by atoms with Crippen LogP contribution in [0.1, 0.15) is 30.0 Å². The Bertz CT molecular complexity index is 1050. The smallest absolute Gasteiger partial charge is 0.416 e. The summed E-state index contributed by atoms with van der Waals surface area (Å²) in [6.07, 6.45) is -3.68. The zero-order chi connectivity index (χ0) is 21.3. The fraction of sp³-hybridized carbons (Fsp3) is 0.174. The average molecular weight is 432 g/mol. The normalized spacial score (nSPS) is 16.7. The van der Waals surface area contributed by atoms with Gasteiger partial charge in [-0.05, 0) is 72.6 Å². The third-order valence-corrected chi connectivity index (χ3v) is 5.23. The molecule has 3 nitrogen and oxygen atoms in total. The van der Waals surface area contributed by atoms with Crippen molar-refractivity contribution in [2.45, 2.75) is 25.1 Å². The lowest BCUT2D eigenvalue weighted by atomic mass is 10.0. The van der Waals surface area contributed by atoms with Crippen LogP contribution in [0.15, 0.2) is 72.8 Å². The van der Waals surface area contributed by atoms with Gasteiger partial charge < -0.3 is 9.64 Å². The van der Waals surface area contributed by atoms with Gasteiger partial charge in [0.1, 0.15) is 11.5 Å². The number of rotatable bonds is 4. The van der Waals surface area contributed by atoms with Crippen LogP contribution in [0.5, 0.6) is 11.5 Å². The molecular weight excluding hydrogens is 415 g/mol. The van der Waals surface area contributed by atoms with Crippen molar-refractivity contribution in [1.29, 1.82) is 0 Å². The molecule has 7 heteroatoms. The third kappa shape index (κ3) is 4.28. The van der Waals surface area contributed by atoms with E-state index in [1.54, 1.807) is 59.5 Å². The second-order valence-electron chi connectivity index (χ2n) is 6.99. The third-order valence-electron chi connectivity index (χ3n) is 4.97. The van der Waals surface area contributed by atoms with E-state index in [4.69, 9.17) is 16.3 Å². The molecule has 1 aliphatic rings. The number of hydrogen-bond donors (Lipinski definition) is 0. The van der Waals surface area contributed by atoms with Gasteiger partial charge in [0.2, 0.25) is 5.91 Å². The van der Waals surface area contributed by atoms with Gasteiger partial charge in [-0.2, -0.15) is 13.2 Å². The van der Waals surface area contributed by atoms with Crippen LogP contribution >= 0.6 is 11.6 Å². The minimum Gasteiger partial charge on any atom is -0.457 e. The number of benzene rings is 3. The summed E-state index contributed by atoms with van der Waals surface area (Å²) in [7, 11) is 0. The Morgan fingerprint density at radius 2 is 1.57 bits per heavy atom. The molecule has 3 aromatic rings. The number of anilines is 1. The van der Waals surface area contributed by atoms with Crippen LogP contribution in [0, 0.1) is 0 Å². The quantitative estimate of drug-likeness (QED) is 0.444. The first-order valence-corrected chi connectivity index (χ1v) is 9.72. The van der Waals surface area contributed by atoms with Crippen molar-refractivity contribution >= 4 is 23.2 Å². The lowest BCUT2D eigenvalue weighted by molar-refractivity contribution is -0.137. The van der Waals surface area contributed by atoms with Crippen LogP contribution in [0.2, 0.25) is 5.02 Å². The molecule has 30 heavy (non-hydrogen) atoms. The minimum atomic E-state index is -4.43. The number of carbonyl (C=O) groups excluding carboxylic acids is 1. The van der Waals surface area contributed by atoms with Crippen molar-refractivity contribution < 1.29 is 22.7 Å². The van der Waals surface area contributed by atoms with E-state index in [1.165, 1.54) is 6.07 Å². The Kier molecular flexibility index (Phi) is 5.43. The number of amides is 1. The molecule has 1 fully saturated rings. The van der Waals surface area contributed by atoms with Crippen LogP contribution < -0.4 is 9.64 Å². The van der Waals surface area contributed by atoms with E-state index in [0.717, 1.165) is 12.1 Å². The fourth-order valence-electron chi connectivity index (χ4n) is 3.56. The van der Waals surface area contributed by atoms with E-state index in [9.17, 15) is 18.0 Å². The van der Waals surface area contributed by atoms with Crippen LogP contribution in [0.25, 0.3) is 0 Å². The molecule has 0 N–H and O–H groups in total. The van der Waals surface area contributed by atoms with Gasteiger partial charge >= 0.3 is 6.18 Å². The number of halogens is 4. The van der Waals surface area contributed by atoms with Crippen molar-refractivity contribution in [3.05, 3.63) is 88.9 Å². The van der Waals surface area contributed by atoms with Crippen LogP contribution in [0.4, 0.5) is 18.9 Å². The van der Waals surface area contributed by atoms with Crippen molar-refractivity contribution in [3.63, 3.8) is 0 Å². The molecule has 0 aliphatic carbocycles. The minimum absolute atomic E-state index is 0.121. The SMILES string of the molecule is O=C1CC[C@H](c2cccc(C(F)(F)F)c2)N1c1ccc(Oc2ccc(Cl)cc2)cc1. The summed E-state index contributed by atoms with van der Waals surface area (Å²) < 4.78 is 45.0. The van der Waals surface area contributed by atoms with E-state index >= 15 is 0 Å². The Morgan fingerprint density at radius 1 is 0.933 bits per heavy atom. The van der Waals surface area contributed by atoms with Crippen LogP contribution in [-0.4, -0.2) is 5.91 Å². The summed E-state index contributed by atoms with van der Waals surface area (Å²) in [4.78, 5) is 14.1. The molecule has 0 radical (unpaired) electrons. The number of nitrogens with zero attached hydrogens (tertiary/aromatic N) is 1. The van der Waals surface area contributed by atoms with Crippen molar-refractivity contribution in [2.75, 3.05) is 4.90 Å². The average Bonchev–Trinajstić information content (AvgIpc) is 3.11. The zero-order valence-corrected chi connectivity index (χ0v) is 16.5. The molecule has 1 amide bonds. The molecule has 0 bridgehead atoms. The van der Waals surface area contributed by atoms with Crippen LogP contribution in [0.3, 0.4) is 0 Å². The second kappa shape index (κ2) is 8.03. The summed E-state index contributed by atoms with van der Waals surface area (Å²) in [5.74, 6) is 1.07. The predicted octanol–water partition coefficient (Wildman–Crippen LogP) is 7.02. The Balaban J connectivity index is 1.57. The number of ether oxygens (including phenoxy) is 1. The Morgan fingerprint density at radius 3 is 2.20 bits per heavy atom. The van der Waals surface area contributed by atoms with Gasteiger partial charge in [-0.15, -0.1) is 0 Å². The Hall–Kier alpha value is -2.99. The van der Waals surface area contributed by atoms with Gasteiger partial charge in [0, 0.05) is 17.1 Å². The Labute approximate surface area is 176 Å². The van der Waals surface area contributed by atoms with E-state index in [1.807, 2.05) is 0 Å². The van der Waals surface area contributed by atoms with Gasteiger partial charge in [0.05, 0.1) is 11.6 Å². The standard InChI is InChI=1S/C23H17ClF3NO2/c24-17-4-8-19(9-5-17)30-20-10-6-18(7-11-20)28-21(12-13-22(28)29)15-2-1-3-16(14-15)23(25,26)27/h1-11,14,21H,12-13H2/t21-/m1/s1. The van der Waals surface area contributed by atoms with Gasteiger partial charge in [-0.1, -0.05) is 23.7 Å². The predicted molar refractivity (Wildman–Crippen MR) is 109 cm³/mol. The first-order valence-electron chi connectivity index (χ1n) is 9.34. The van der Waals surface area contributed by atoms with E-state index in [2.05, 4.69) is 0 Å². The summed E-state index contributed by atoms with van der Waals surface area (Å²) in [6, 6.07) is 18.5. The molecule has 1 heterocycles. The highest BCUT2D eigenvalue weighted by molar-refractivity contribution is 6.30. The fourth-order valence-corrected chi connectivity index (χ4v) is 3.68. The summed E-state index contributed by atoms with van der Waals surface area (Å²) in [5.41, 5.74) is 0.367. The zero-order valence-electron chi connectivity index (χ0n) is 15.7. The molecule has 1 saturated heterocycles. The first-order chi connectivity index (χ1) is 14.3. The van der Waals surface area contributed by atoms with E-state index in [-0.39, 0.29) is 12.3 Å². The maximum Gasteiger partial charge on any atom is 0.416 e. The lowest BCUT2D eigenvalue weighted by Crippen LogP contribution is -2.27. The van der Waals surface area contributed by atoms with Gasteiger partial charge in [-0.3, -0.25) is 4.79 Å². The maximum absolute atomic E-state index is 13.1. The van der Waals surface area contributed by atoms with E-state index < -0.39 is 17.8 Å². The molecule has 1 aliphatic heterocycles. The molecule has 0 saturated carbocycles. The molecular formula is C23H17ClF3NO2. The maximum atomic E-state index is 13.1. The topological polar surface area (TPSA) is 29.5 Å². The van der Waals surface area contributed by atoms with Crippen molar-refractivity contribution in [2.24, 2.45) is 0 Å². The van der Waals surface area contributed by atoms with Crippen LogP contribution in [-0.2, 0) is 11.0 Å². The van der Waals surface area contributed by atoms with Gasteiger partial charge in [0.25, 0.3) is 0 Å². The van der Waals surface area contributed by atoms with Gasteiger partial charge in [-0.25, -0.2) is 0 Å². The lowest BCUT2D eigenvalue weighted by Gasteiger charge is -2.26. The summed E-state index contributed by atoms with van der Waals surface area (Å²) in [6.45, 7) is 0. The highest BCUT2D eigenvalue weighted by Gasteiger charge is 2.36. The van der Waals surface area contributed by atoms with Crippen molar-refractivity contribution in [3.8, 4) is 11.5 Å². The monoisotopic (exact) mass is 431 g/mol.